The molecule has 3 amide bonds. The van der Waals surface area contributed by atoms with Gasteiger partial charge in [-0.25, -0.2) is 0 Å². The van der Waals surface area contributed by atoms with Gasteiger partial charge in [0.2, 0.25) is 11.8 Å². The van der Waals surface area contributed by atoms with E-state index in [9.17, 15) is 19.2 Å². The Morgan fingerprint density at radius 3 is 2.68 bits per heavy atom. The Balaban J connectivity index is 1.75. The number of carbonyl (C=O) groups excluding carboxylic acids is 3. The second kappa shape index (κ2) is 7.77. The van der Waals surface area contributed by atoms with Gasteiger partial charge in [0, 0.05) is 32.4 Å². The molecule has 2 aliphatic rings. The molecule has 2 saturated heterocycles. The molecule has 0 saturated carbocycles. The number of carbonyl (C=O) groups is 3. The molecular formula is C20H28N4O4. The number of amides is 3. The van der Waals surface area contributed by atoms with E-state index >= 15 is 0 Å². The van der Waals surface area contributed by atoms with Crippen LogP contribution in [-0.4, -0.2) is 64.3 Å². The lowest BCUT2D eigenvalue weighted by molar-refractivity contribution is -0.152. The number of aryl methyl sites for hydroxylation is 2. The average molecular weight is 388 g/mol. The molecule has 8 heteroatoms. The molecule has 0 spiro atoms. The summed E-state index contributed by atoms with van der Waals surface area (Å²) in [5.74, 6) is -0.215. The van der Waals surface area contributed by atoms with Crippen LogP contribution in [0.4, 0.5) is 0 Å². The first-order chi connectivity index (χ1) is 13.2. The van der Waals surface area contributed by atoms with Crippen molar-refractivity contribution in [3.63, 3.8) is 0 Å². The van der Waals surface area contributed by atoms with E-state index in [1.807, 2.05) is 0 Å². The van der Waals surface area contributed by atoms with Crippen LogP contribution in [0.15, 0.2) is 17.1 Å². The molecule has 0 unspecified atom stereocenters. The number of hydrogen-bond acceptors (Lipinski definition) is 4. The van der Waals surface area contributed by atoms with Gasteiger partial charge in [0.1, 0.15) is 11.6 Å². The number of fused-ring (bicyclic) bond motifs is 1. The molecule has 1 aromatic heterocycles. The molecule has 8 nitrogen and oxygen atoms in total. The maximum absolute atomic E-state index is 12.8. The Morgan fingerprint density at radius 1 is 1.29 bits per heavy atom. The minimum Gasteiger partial charge on any atom is -0.347 e. The van der Waals surface area contributed by atoms with Gasteiger partial charge in [-0.1, -0.05) is 13.8 Å². The third-order valence-corrected chi connectivity index (χ3v) is 5.54. The zero-order chi connectivity index (χ0) is 20.6. The third kappa shape index (κ3) is 3.81. The van der Waals surface area contributed by atoms with Gasteiger partial charge in [0.15, 0.2) is 0 Å². The van der Waals surface area contributed by atoms with E-state index in [-0.39, 0.29) is 35.5 Å². The molecule has 0 bridgehead atoms. The Bertz CT molecular complexity index is 860. The Labute approximate surface area is 164 Å². The van der Waals surface area contributed by atoms with Crippen molar-refractivity contribution in [2.75, 3.05) is 20.1 Å². The smallest absolute Gasteiger partial charge is 0.263 e. The van der Waals surface area contributed by atoms with Crippen molar-refractivity contribution in [2.45, 2.75) is 52.2 Å². The Kier molecular flexibility index (Phi) is 5.58. The van der Waals surface area contributed by atoms with Gasteiger partial charge in [0.05, 0.1) is 6.54 Å². The van der Waals surface area contributed by atoms with Crippen LogP contribution in [0.1, 0.15) is 42.6 Å². The molecule has 28 heavy (non-hydrogen) atoms. The van der Waals surface area contributed by atoms with Crippen molar-refractivity contribution < 1.29 is 14.4 Å². The predicted octanol–water partition coefficient (Wildman–Crippen LogP) is 0.374. The van der Waals surface area contributed by atoms with Crippen molar-refractivity contribution >= 4 is 17.7 Å². The average Bonchev–Trinajstić information content (AvgIpc) is 3.03. The summed E-state index contributed by atoms with van der Waals surface area (Å²) in [5, 5.41) is 2.86. The minimum absolute atomic E-state index is 0.0638. The lowest BCUT2D eigenvalue weighted by atomic mass is 10.1. The maximum atomic E-state index is 12.8. The number of aromatic nitrogens is 1. The molecule has 1 N–H and O–H groups in total. The number of rotatable bonds is 5. The molecule has 2 fully saturated rings. The molecule has 3 heterocycles. The van der Waals surface area contributed by atoms with Crippen LogP contribution >= 0.6 is 0 Å². The predicted molar refractivity (Wildman–Crippen MR) is 104 cm³/mol. The lowest BCUT2D eigenvalue weighted by Crippen LogP contribution is -2.55. The van der Waals surface area contributed by atoms with Gasteiger partial charge in [-0.05, 0) is 37.3 Å². The highest BCUT2D eigenvalue weighted by atomic mass is 16.2. The van der Waals surface area contributed by atoms with Crippen molar-refractivity contribution in [3.05, 3.63) is 33.7 Å². The SMILES string of the molecule is Cc1ccn(CCC(C)C)c(=O)c1C(=O)N[C@H]1C[C@H]2C(=O)N(C)CC(=O)N2C1. The molecule has 2 aliphatic heterocycles. The normalized spacial score (nSPS) is 22.0. The molecule has 3 rings (SSSR count). The van der Waals surface area contributed by atoms with E-state index in [4.69, 9.17) is 0 Å². The number of nitrogens with zero attached hydrogens (tertiary/aromatic N) is 3. The van der Waals surface area contributed by atoms with Crippen LogP contribution in [-0.2, 0) is 16.1 Å². The molecule has 0 aromatic carbocycles. The summed E-state index contributed by atoms with van der Waals surface area (Å²) in [6.45, 7) is 6.83. The molecule has 1 aromatic rings. The number of likely N-dealkylation sites (N-methyl/N-ethyl adjacent to an activating group) is 1. The van der Waals surface area contributed by atoms with E-state index in [2.05, 4.69) is 19.2 Å². The van der Waals surface area contributed by atoms with Crippen molar-refractivity contribution in [1.29, 1.82) is 0 Å². The summed E-state index contributed by atoms with van der Waals surface area (Å²) >= 11 is 0. The topological polar surface area (TPSA) is 91.7 Å². The van der Waals surface area contributed by atoms with E-state index in [1.165, 1.54) is 9.80 Å². The summed E-state index contributed by atoms with van der Waals surface area (Å²) < 4.78 is 1.57. The molecule has 0 radical (unpaired) electrons. The van der Waals surface area contributed by atoms with E-state index in [0.29, 0.717) is 31.0 Å². The van der Waals surface area contributed by atoms with Gasteiger partial charge in [-0.2, -0.15) is 0 Å². The van der Waals surface area contributed by atoms with Crippen LogP contribution in [0.5, 0.6) is 0 Å². The van der Waals surface area contributed by atoms with Crippen LogP contribution in [0, 0.1) is 12.8 Å². The van der Waals surface area contributed by atoms with Crippen LogP contribution in [0.2, 0.25) is 0 Å². The minimum atomic E-state index is -0.531. The highest BCUT2D eigenvalue weighted by Gasteiger charge is 2.45. The van der Waals surface area contributed by atoms with Crippen LogP contribution in [0.3, 0.4) is 0 Å². The molecule has 152 valence electrons. The Hall–Kier alpha value is -2.64. The highest BCUT2D eigenvalue weighted by molar-refractivity contribution is 5.97. The fraction of sp³-hybridized carbons (Fsp3) is 0.600. The zero-order valence-electron chi connectivity index (χ0n) is 16.9. The first kappa shape index (κ1) is 20.1. The number of nitrogens with one attached hydrogen (secondary N) is 1. The summed E-state index contributed by atoms with van der Waals surface area (Å²) in [6, 6.07) is 0.896. The monoisotopic (exact) mass is 388 g/mol. The van der Waals surface area contributed by atoms with Crippen LogP contribution in [0.25, 0.3) is 0 Å². The summed E-state index contributed by atoms with van der Waals surface area (Å²) in [4.78, 5) is 53.1. The number of pyridine rings is 1. The fourth-order valence-electron chi connectivity index (χ4n) is 3.85. The van der Waals surface area contributed by atoms with Gasteiger partial charge >= 0.3 is 0 Å². The first-order valence-corrected chi connectivity index (χ1v) is 9.74. The first-order valence-electron chi connectivity index (χ1n) is 9.74. The Morgan fingerprint density at radius 2 is 2.00 bits per heavy atom. The van der Waals surface area contributed by atoms with E-state index < -0.39 is 11.9 Å². The zero-order valence-corrected chi connectivity index (χ0v) is 16.9. The van der Waals surface area contributed by atoms with Gasteiger partial charge in [0.25, 0.3) is 11.5 Å². The molecule has 2 atom stereocenters. The quantitative estimate of drug-likeness (QED) is 0.789. The van der Waals surface area contributed by atoms with Gasteiger partial charge in [-0.3, -0.25) is 19.2 Å². The van der Waals surface area contributed by atoms with Crippen LogP contribution < -0.4 is 10.9 Å². The van der Waals surface area contributed by atoms with E-state index in [0.717, 1.165) is 6.42 Å². The molecule has 0 aliphatic carbocycles. The number of piperazine rings is 1. The number of hydrogen-bond donors (Lipinski definition) is 1. The summed E-state index contributed by atoms with van der Waals surface area (Å²) in [5.41, 5.74) is 0.442. The summed E-state index contributed by atoms with van der Waals surface area (Å²) in [6.07, 6.45) is 2.94. The second-order valence-corrected chi connectivity index (χ2v) is 8.22. The standard InChI is InChI=1S/C20H28N4O4/c1-12(2)5-7-23-8-6-13(3)17(20(23)28)18(26)21-14-9-15-19(27)22(4)11-16(25)24(15)10-14/h6,8,12,14-15H,5,7,9-11H2,1-4H3,(H,21,26)/t14-,15-/m0/s1. The van der Waals surface area contributed by atoms with Gasteiger partial charge < -0.3 is 19.7 Å². The van der Waals surface area contributed by atoms with Crippen molar-refractivity contribution in [2.24, 2.45) is 5.92 Å². The van der Waals surface area contributed by atoms with Crippen molar-refractivity contribution in [3.8, 4) is 0 Å². The highest BCUT2D eigenvalue weighted by Crippen LogP contribution is 2.23. The third-order valence-electron chi connectivity index (χ3n) is 5.54. The van der Waals surface area contributed by atoms with E-state index in [1.54, 1.807) is 30.8 Å². The lowest BCUT2D eigenvalue weighted by Gasteiger charge is -2.33. The summed E-state index contributed by atoms with van der Waals surface area (Å²) in [7, 11) is 1.61. The maximum Gasteiger partial charge on any atom is 0.263 e. The fourth-order valence-corrected chi connectivity index (χ4v) is 3.85. The second-order valence-electron chi connectivity index (χ2n) is 8.22. The largest absolute Gasteiger partial charge is 0.347 e. The van der Waals surface area contributed by atoms with Crippen molar-refractivity contribution in [1.82, 2.24) is 19.7 Å². The molecular weight excluding hydrogens is 360 g/mol. The van der Waals surface area contributed by atoms with Gasteiger partial charge in [-0.15, -0.1) is 0 Å².